The molecule has 2 bridgehead atoms. The molecular weight excluding hydrogens is 412 g/mol. The Kier molecular flexibility index (Phi) is 6.99. The molecule has 4 heterocycles. The molecule has 5 rings (SSSR count). The number of amides is 1. The Hall–Kier alpha value is -3.01. The first kappa shape index (κ1) is 22.2. The zero-order valence-electron chi connectivity index (χ0n) is 18.4. The minimum absolute atomic E-state index is 0.0125. The zero-order valence-corrected chi connectivity index (χ0v) is 18.4. The fourth-order valence-electron chi connectivity index (χ4n) is 4.85. The molecule has 32 heavy (non-hydrogen) atoms. The number of aryl methyl sites for hydroxylation is 2. The lowest BCUT2D eigenvalue weighted by Crippen LogP contribution is -2.48. The molecule has 1 aliphatic carbocycles. The Balaban J connectivity index is 0.000000775. The Morgan fingerprint density at radius 2 is 2.03 bits per heavy atom. The van der Waals surface area contributed by atoms with Crippen LogP contribution in [0.15, 0.2) is 18.7 Å². The van der Waals surface area contributed by atoms with Crippen LogP contribution in [0.1, 0.15) is 29.8 Å². The van der Waals surface area contributed by atoms with Crippen molar-refractivity contribution in [2.45, 2.75) is 45.2 Å². The van der Waals surface area contributed by atoms with Crippen LogP contribution in [0.5, 0.6) is 0 Å². The van der Waals surface area contributed by atoms with Crippen LogP contribution in [-0.4, -0.2) is 80.8 Å². The number of fused-ring (bicyclic) bond motifs is 4. The minimum atomic E-state index is -0.250. The van der Waals surface area contributed by atoms with E-state index in [0.29, 0.717) is 26.3 Å². The van der Waals surface area contributed by atoms with Crippen molar-refractivity contribution >= 4 is 18.3 Å². The second-order valence-electron chi connectivity index (χ2n) is 8.59. The largest absolute Gasteiger partial charge is 0.483 e. The fourth-order valence-corrected chi connectivity index (χ4v) is 4.85. The summed E-state index contributed by atoms with van der Waals surface area (Å²) in [4.78, 5) is 39.5. The predicted octanol–water partition coefficient (Wildman–Crippen LogP) is 0.925. The Labute approximate surface area is 187 Å². The van der Waals surface area contributed by atoms with Gasteiger partial charge in [0.25, 0.3) is 6.47 Å². The van der Waals surface area contributed by atoms with Gasteiger partial charge in [-0.15, -0.1) is 0 Å². The number of carboxylic acid groups (broad SMARTS) is 1. The van der Waals surface area contributed by atoms with Gasteiger partial charge < -0.3 is 24.2 Å². The monoisotopic (exact) mass is 442 g/mol. The number of carbonyl (C=O) groups is 2. The average molecular weight is 443 g/mol. The highest BCUT2D eigenvalue weighted by molar-refractivity contribution is 5.76. The minimum Gasteiger partial charge on any atom is -0.483 e. The number of anilines is 1. The van der Waals surface area contributed by atoms with Gasteiger partial charge in [0.1, 0.15) is 6.54 Å². The van der Waals surface area contributed by atoms with Crippen molar-refractivity contribution in [1.29, 1.82) is 0 Å². The van der Waals surface area contributed by atoms with E-state index in [1.807, 2.05) is 15.7 Å². The molecule has 2 fully saturated rings. The number of imidazole rings is 1. The standard InChI is InChI=1S/C21H28N6O2.CH2O2/c1-15-18-4-2-3-5-19(18)24-21(23-15)26-8-16-9-27(17(10-26)13-29-12-16)20(28)11-25-7-6-22-14-25;2-1-3/h6-7,14,16-17H,2-5,8-13H2,1H3;1H,(H,2,3)/t16-,17-;/m0./s1. The summed E-state index contributed by atoms with van der Waals surface area (Å²) in [5.74, 6) is 1.20. The topological polar surface area (TPSA) is 114 Å². The van der Waals surface area contributed by atoms with E-state index in [1.54, 1.807) is 12.5 Å². The van der Waals surface area contributed by atoms with E-state index in [9.17, 15) is 4.79 Å². The summed E-state index contributed by atoms with van der Waals surface area (Å²) in [6, 6.07) is 0.0125. The molecule has 2 aliphatic heterocycles. The number of aromatic nitrogens is 4. The summed E-state index contributed by atoms with van der Waals surface area (Å²) < 4.78 is 7.72. The SMILES string of the molecule is Cc1nc(N2C[C@@H]3COC[C@H](C2)N(C(=O)Cn2ccnc2)C3)nc2c1CCCC2.O=CO. The van der Waals surface area contributed by atoms with Crippen LogP contribution >= 0.6 is 0 Å². The third-order valence-corrected chi connectivity index (χ3v) is 6.33. The van der Waals surface area contributed by atoms with E-state index >= 15 is 0 Å². The van der Waals surface area contributed by atoms with Crippen molar-refractivity contribution in [2.75, 3.05) is 37.7 Å². The summed E-state index contributed by atoms with van der Waals surface area (Å²) in [6.45, 7) is 5.67. The van der Waals surface area contributed by atoms with Crippen molar-refractivity contribution in [3.8, 4) is 0 Å². The maximum absolute atomic E-state index is 13.0. The molecule has 2 saturated heterocycles. The van der Waals surface area contributed by atoms with E-state index in [1.165, 1.54) is 24.1 Å². The highest BCUT2D eigenvalue weighted by Gasteiger charge is 2.37. The molecule has 0 spiro atoms. The van der Waals surface area contributed by atoms with E-state index in [2.05, 4.69) is 16.8 Å². The highest BCUT2D eigenvalue weighted by atomic mass is 16.5. The van der Waals surface area contributed by atoms with Crippen LogP contribution in [-0.2, 0) is 33.7 Å². The van der Waals surface area contributed by atoms with Gasteiger partial charge in [-0.1, -0.05) is 0 Å². The van der Waals surface area contributed by atoms with Crippen molar-refractivity contribution < 1.29 is 19.4 Å². The van der Waals surface area contributed by atoms with Gasteiger partial charge in [-0.25, -0.2) is 15.0 Å². The normalized spacial score (nSPS) is 22.3. The lowest BCUT2D eigenvalue weighted by atomic mass is 9.95. The third kappa shape index (κ3) is 4.90. The van der Waals surface area contributed by atoms with Gasteiger partial charge in [-0.3, -0.25) is 9.59 Å². The smallest absolute Gasteiger partial charge is 0.290 e. The first-order valence-corrected chi connectivity index (χ1v) is 11.1. The molecule has 0 aromatic carbocycles. The Bertz CT molecular complexity index is 935. The number of nitrogens with zero attached hydrogens (tertiary/aromatic N) is 6. The van der Waals surface area contributed by atoms with Crippen molar-refractivity contribution in [3.63, 3.8) is 0 Å². The van der Waals surface area contributed by atoms with Crippen LogP contribution in [0.25, 0.3) is 0 Å². The molecule has 0 radical (unpaired) electrons. The summed E-state index contributed by atoms with van der Waals surface area (Å²) in [5, 5.41) is 6.89. The molecule has 1 N–H and O–H groups in total. The molecule has 3 aliphatic rings. The summed E-state index contributed by atoms with van der Waals surface area (Å²) >= 11 is 0. The van der Waals surface area contributed by atoms with E-state index in [4.69, 9.17) is 24.6 Å². The van der Waals surface area contributed by atoms with Crippen LogP contribution in [0, 0.1) is 12.8 Å². The van der Waals surface area contributed by atoms with Gasteiger partial charge in [0.2, 0.25) is 11.9 Å². The second kappa shape index (κ2) is 10.1. The molecule has 0 saturated carbocycles. The molecule has 2 aromatic rings. The van der Waals surface area contributed by atoms with E-state index < -0.39 is 0 Å². The number of rotatable bonds is 3. The maximum Gasteiger partial charge on any atom is 0.290 e. The molecule has 0 unspecified atom stereocenters. The van der Waals surface area contributed by atoms with Crippen LogP contribution in [0.2, 0.25) is 0 Å². The Morgan fingerprint density at radius 3 is 2.81 bits per heavy atom. The van der Waals surface area contributed by atoms with Gasteiger partial charge in [-0.05, 0) is 38.2 Å². The second-order valence-corrected chi connectivity index (χ2v) is 8.59. The van der Waals surface area contributed by atoms with Gasteiger partial charge >= 0.3 is 0 Å². The van der Waals surface area contributed by atoms with Crippen molar-refractivity contribution in [3.05, 3.63) is 35.7 Å². The van der Waals surface area contributed by atoms with Crippen LogP contribution < -0.4 is 4.90 Å². The zero-order chi connectivity index (χ0) is 22.5. The number of carbonyl (C=O) groups excluding carboxylic acids is 1. The first-order valence-electron chi connectivity index (χ1n) is 11.1. The number of hydrogen-bond donors (Lipinski definition) is 1. The first-order chi connectivity index (χ1) is 15.6. The Morgan fingerprint density at radius 1 is 1.22 bits per heavy atom. The van der Waals surface area contributed by atoms with Crippen LogP contribution in [0.3, 0.4) is 0 Å². The summed E-state index contributed by atoms with van der Waals surface area (Å²) in [6.07, 6.45) is 9.80. The van der Waals surface area contributed by atoms with Gasteiger partial charge in [0.05, 0.1) is 25.6 Å². The third-order valence-electron chi connectivity index (χ3n) is 6.33. The lowest BCUT2D eigenvalue weighted by molar-refractivity contribution is -0.134. The summed E-state index contributed by atoms with van der Waals surface area (Å²) in [5.41, 5.74) is 3.68. The molecule has 10 nitrogen and oxygen atoms in total. The molecule has 172 valence electrons. The maximum atomic E-state index is 13.0. The molecule has 2 aromatic heterocycles. The van der Waals surface area contributed by atoms with Gasteiger partial charge in [-0.2, -0.15) is 0 Å². The fraction of sp³-hybridized carbons (Fsp3) is 0.591. The van der Waals surface area contributed by atoms with Gasteiger partial charge in [0, 0.05) is 49.3 Å². The number of ether oxygens (including phenoxy) is 1. The van der Waals surface area contributed by atoms with E-state index in [0.717, 1.165) is 37.6 Å². The van der Waals surface area contributed by atoms with Crippen molar-refractivity contribution in [2.24, 2.45) is 5.92 Å². The molecular formula is C22H30N6O4. The lowest BCUT2D eigenvalue weighted by Gasteiger charge is -2.32. The molecule has 10 heteroatoms. The average Bonchev–Trinajstić information content (AvgIpc) is 3.10. The van der Waals surface area contributed by atoms with E-state index in [-0.39, 0.29) is 24.3 Å². The summed E-state index contributed by atoms with van der Waals surface area (Å²) in [7, 11) is 0. The van der Waals surface area contributed by atoms with Gasteiger partial charge in [0.15, 0.2) is 0 Å². The van der Waals surface area contributed by atoms with Crippen LogP contribution in [0.4, 0.5) is 5.95 Å². The predicted molar refractivity (Wildman–Crippen MR) is 116 cm³/mol. The molecule has 1 amide bonds. The highest BCUT2D eigenvalue weighted by Crippen LogP contribution is 2.27. The van der Waals surface area contributed by atoms with Crippen molar-refractivity contribution in [1.82, 2.24) is 24.4 Å². The number of hydrogen-bond acceptors (Lipinski definition) is 7. The quantitative estimate of drug-likeness (QED) is 0.699. The molecule has 2 atom stereocenters.